The number of aliphatic hydroxyl groups is 1. The van der Waals surface area contributed by atoms with Gasteiger partial charge in [-0.2, -0.15) is 0 Å². The maximum absolute atomic E-state index is 13.3. The molecule has 1 spiro atoms. The highest BCUT2D eigenvalue weighted by molar-refractivity contribution is 6.10. The second kappa shape index (κ2) is 14.6. The van der Waals surface area contributed by atoms with Crippen molar-refractivity contribution < 1.29 is 33.1 Å². The first-order valence-electron chi connectivity index (χ1n) is 17.2. The van der Waals surface area contributed by atoms with E-state index in [1.54, 1.807) is 28.9 Å². The molecule has 3 fully saturated rings. The number of halogens is 2. The van der Waals surface area contributed by atoms with Crippen LogP contribution in [0.2, 0.25) is 0 Å². The number of nitrogens with zero attached hydrogens (tertiary/aromatic N) is 3. The number of carbonyl (C=O) groups is 4. The summed E-state index contributed by atoms with van der Waals surface area (Å²) in [5, 5.41) is 10.2. The number of aryl methyl sites for hydroxylation is 1. The number of ketones is 1. The van der Waals surface area contributed by atoms with E-state index in [0.717, 1.165) is 11.1 Å². The normalized spacial score (nSPS) is 24.1. The van der Waals surface area contributed by atoms with Crippen LogP contribution in [-0.4, -0.2) is 57.7 Å². The van der Waals surface area contributed by atoms with Crippen LogP contribution in [0.25, 0.3) is 0 Å². The van der Waals surface area contributed by atoms with Gasteiger partial charge in [0.2, 0.25) is 11.8 Å². The predicted molar refractivity (Wildman–Crippen MR) is 190 cm³/mol. The van der Waals surface area contributed by atoms with Gasteiger partial charge in [-0.05, 0) is 77.9 Å². The number of anilines is 2. The second-order valence-electron chi connectivity index (χ2n) is 13.7. The summed E-state index contributed by atoms with van der Waals surface area (Å²) in [5.74, 6) is -1.68. The van der Waals surface area contributed by atoms with E-state index in [9.17, 15) is 33.1 Å². The highest BCUT2D eigenvalue weighted by Gasteiger charge is 2.64. The molecule has 0 bridgehead atoms. The number of Topliss-reactive ketones (excluding diaryl/α,β-unsaturated/α-hetero) is 1. The fraction of sp³-hybridized carbons (Fsp3) is 0.317. The van der Waals surface area contributed by atoms with Gasteiger partial charge in [-0.3, -0.25) is 29.0 Å². The Morgan fingerprint density at radius 2 is 1.20 bits per heavy atom. The molecule has 0 saturated carbocycles. The quantitative estimate of drug-likeness (QED) is 0.214. The molecule has 0 aliphatic carbocycles. The molecule has 51 heavy (non-hydrogen) atoms. The number of β-lactam (4-membered cyclic amide) rings is 1. The molecule has 8 nitrogen and oxygen atoms in total. The predicted octanol–water partition coefficient (Wildman–Crippen LogP) is 6.11. The van der Waals surface area contributed by atoms with E-state index in [0.29, 0.717) is 37.3 Å². The third kappa shape index (κ3) is 6.56. The maximum atomic E-state index is 13.3. The van der Waals surface area contributed by atoms with Gasteiger partial charge in [0.15, 0.2) is 5.78 Å². The molecule has 4 aromatic rings. The van der Waals surface area contributed by atoms with Gasteiger partial charge in [-0.25, -0.2) is 8.78 Å². The molecule has 0 aromatic heterocycles. The summed E-state index contributed by atoms with van der Waals surface area (Å²) in [6, 6.07) is 30.7. The van der Waals surface area contributed by atoms with Gasteiger partial charge in [0.1, 0.15) is 22.7 Å². The van der Waals surface area contributed by atoms with Crippen LogP contribution in [0.3, 0.4) is 0 Å². The Labute approximate surface area is 296 Å². The maximum Gasteiger partial charge on any atom is 0.251 e. The first kappa shape index (κ1) is 35.6. The summed E-state index contributed by atoms with van der Waals surface area (Å²) < 4.78 is 26.5. The zero-order valence-electron chi connectivity index (χ0n) is 28.7. The van der Waals surface area contributed by atoms with Crippen LogP contribution in [0.4, 0.5) is 20.2 Å². The van der Waals surface area contributed by atoms with E-state index >= 15 is 0 Å². The van der Waals surface area contributed by atoms with E-state index in [4.69, 9.17) is 0 Å². The SMILES string of the molecule is CC1CC(=O)N(c2ccc(F)cc2)C1(CO)C(=O)CCc1ccccc1.CC1CC(=O)N(c2ccc(F)cc2)C12CN(Cc1ccccc1)C2=O. The lowest BCUT2D eigenvalue weighted by molar-refractivity contribution is -0.154. The monoisotopic (exact) mass is 693 g/mol. The van der Waals surface area contributed by atoms with E-state index in [1.807, 2.05) is 67.6 Å². The topological polar surface area (TPSA) is 98.2 Å². The molecule has 4 atom stereocenters. The van der Waals surface area contributed by atoms with Gasteiger partial charge >= 0.3 is 0 Å². The van der Waals surface area contributed by atoms with Gasteiger partial charge < -0.3 is 10.0 Å². The highest BCUT2D eigenvalue weighted by Crippen LogP contribution is 2.46. The lowest BCUT2D eigenvalue weighted by Gasteiger charge is -2.53. The van der Waals surface area contributed by atoms with Crippen molar-refractivity contribution in [2.24, 2.45) is 11.8 Å². The fourth-order valence-corrected chi connectivity index (χ4v) is 7.77. The molecule has 3 saturated heterocycles. The van der Waals surface area contributed by atoms with Crippen LogP contribution in [-0.2, 0) is 32.1 Å². The fourth-order valence-electron chi connectivity index (χ4n) is 7.77. The summed E-state index contributed by atoms with van der Waals surface area (Å²) in [6.45, 7) is 4.34. The molecule has 4 unspecified atom stereocenters. The van der Waals surface area contributed by atoms with Gasteiger partial charge in [0.05, 0.1) is 13.2 Å². The van der Waals surface area contributed by atoms with E-state index in [-0.39, 0.29) is 54.0 Å². The molecular weight excluding hydrogens is 652 g/mol. The Morgan fingerprint density at radius 3 is 1.73 bits per heavy atom. The third-order valence-electron chi connectivity index (χ3n) is 10.6. The van der Waals surface area contributed by atoms with Crippen molar-refractivity contribution in [2.45, 2.75) is 57.2 Å². The molecule has 7 rings (SSSR count). The third-order valence-corrected chi connectivity index (χ3v) is 10.6. The van der Waals surface area contributed by atoms with Crippen LogP contribution in [0, 0.1) is 23.5 Å². The average Bonchev–Trinajstić information content (AvgIpc) is 3.56. The van der Waals surface area contributed by atoms with Gasteiger partial charge in [0, 0.05) is 37.2 Å². The first-order valence-corrected chi connectivity index (χ1v) is 17.2. The average molecular weight is 694 g/mol. The Hall–Kier alpha value is -5.22. The highest BCUT2D eigenvalue weighted by atomic mass is 19.1. The molecule has 3 aliphatic rings. The first-order chi connectivity index (χ1) is 24.5. The van der Waals surface area contributed by atoms with Crippen molar-refractivity contribution in [1.29, 1.82) is 0 Å². The molecule has 4 aromatic carbocycles. The number of hydrogen-bond donors (Lipinski definition) is 1. The summed E-state index contributed by atoms with van der Waals surface area (Å²) in [7, 11) is 0. The number of hydrogen-bond acceptors (Lipinski definition) is 5. The lowest BCUT2D eigenvalue weighted by atomic mass is 9.77. The van der Waals surface area contributed by atoms with Crippen molar-refractivity contribution in [3.05, 3.63) is 132 Å². The largest absolute Gasteiger partial charge is 0.393 e. The molecule has 0 radical (unpaired) electrons. The lowest BCUT2D eigenvalue weighted by Crippen LogP contribution is -2.74. The van der Waals surface area contributed by atoms with Crippen molar-refractivity contribution >= 4 is 34.9 Å². The van der Waals surface area contributed by atoms with E-state index < -0.39 is 23.5 Å². The summed E-state index contributed by atoms with van der Waals surface area (Å²) in [6.07, 6.45) is 1.27. The smallest absolute Gasteiger partial charge is 0.251 e. The van der Waals surface area contributed by atoms with Crippen LogP contribution in [0.15, 0.2) is 109 Å². The van der Waals surface area contributed by atoms with E-state index in [2.05, 4.69) is 0 Å². The Kier molecular flexibility index (Phi) is 10.2. The van der Waals surface area contributed by atoms with Crippen LogP contribution >= 0.6 is 0 Å². The van der Waals surface area contributed by atoms with Gasteiger partial charge in [0.25, 0.3) is 5.91 Å². The second-order valence-corrected chi connectivity index (χ2v) is 13.7. The number of benzene rings is 4. The van der Waals surface area contributed by atoms with Crippen molar-refractivity contribution in [2.75, 3.05) is 23.0 Å². The molecule has 264 valence electrons. The Balaban J connectivity index is 0.000000176. The molecule has 3 heterocycles. The zero-order valence-corrected chi connectivity index (χ0v) is 28.7. The summed E-state index contributed by atoms with van der Waals surface area (Å²) in [4.78, 5) is 56.1. The minimum Gasteiger partial charge on any atom is -0.393 e. The van der Waals surface area contributed by atoms with E-state index in [1.165, 1.54) is 41.3 Å². The number of aliphatic hydroxyl groups excluding tert-OH is 1. The summed E-state index contributed by atoms with van der Waals surface area (Å²) >= 11 is 0. The molecular formula is C41H41F2N3O5. The molecule has 1 N–H and O–H groups in total. The molecule has 3 amide bonds. The number of rotatable bonds is 9. The number of likely N-dealkylation sites (tertiary alicyclic amines) is 1. The van der Waals surface area contributed by atoms with Crippen LogP contribution in [0.1, 0.15) is 44.2 Å². The van der Waals surface area contributed by atoms with Crippen molar-refractivity contribution in [1.82, 2.24) is 4.90 Å². The molecule has 3 aliphatic heterocycles. The Bertz CT molecular complexity index is 1890. The number of carbonyl (C=O) groups excluding carboxylic acids is 4. The van der Waals surface area contributed by atoms with Gasteiger partial charge in [-0.15, -0.1) is 0 Å². The van der Waals surface area contributed by atoms with Gasteiger partial charge in [-0.1, -0.05) is 74.5 Å². The number of amides is 3. The Morgan fingerprint density at radius 1 is 0.706 bits per heavy atom. The molecule has 10 heteroatoms. The standard InChI is InChI=1S/C21H22FNO3.C20H19FN2O2/c1-15-13-20(26)23(18-10-8-17(22)9-11-18)21(15,14-24)19(25)12-7-16-5-3-2-4-6-16;1-14-11-18(24)23(17-9-7-16(21)8-10-17)20(14)13-22(19(20)25)12-15-5-3-2-4-6-15/h2-6,8-11,15,24H,7,12-14H2,1H3;2-10,14H,11-13H2,1H3. The van der Waals surface area contributed by atoms with Crippen LogP contribution in [0.5, 0.6) is 0 Å². The van der Waals surface area contributed by atoms with Crippen molar-refractivity contribution in [3.63, 3.8) is 0 Å². The minimum atomic E-state index is -1.30. The van der Waals surface area contributed by atoms with Crippen LogP contribution < -0.4 is 9.80 Å². The summed E-state index contributed by atoms with van der Waals surface area (Å²) in [5.41, 5.74) is 0.981. The minimum absolute atomic E-state index is 0.0287. The van der Waals surface area contributed by atoms with Crippen molar-refractivity contribution in [3.8, 4) is 0 Å². The zero-order chi connectivity index (χ0) is 36.3.